The summed E-state index contributed by atoms with van der Waals surface area (Å²) in [4.78, 5) is 35.9. The highest BCUT2D eigenvalue weighted by atomic mass is 32.2. The maximum Gasteiger partial charge on any atom is 0.326 e. The molecule has 0 bridgehead atoms. The van der Waals surface area contributed by atoms with E-state index in [0.717, 1.165) is 33.3 Å². The number of aryl methyl sites for hydroxylation is 2. The molecule has 3 heterocycles. The number of fused-ring (bicyclic) bond motifs is 1. The monoisotopic (exact) mass is 433 g/mol. The van der Waals surface area contributed by atoms with Crippen molar-refractivity contribution in [2.24, 2.45) is 0 Å². The van der Waals surface area contributed by atoms with E-state index < -0.39 is 0 Å². The lowest BCUT2D eigenvalue weighted by atomic mass is 10.1. The quantitative estimate of drug-likeness (QED) is 0.645. The van der Waals surface area contributed by atoms with Crippen LogP contribution >= 0.6 is 11.8 Å². The number of anilines is 2. The molecule has 0 saturated carbocycles. The first-order valence-electron chi connectivity index (χ1n) is 9.98. The van der Waals surface area contributed by atoms with Crippen LogP contribution in [0.5, 0.6) is 0 Å². The van der Waals surface area contributed by atoms with E-state index in [-0.39, 0.29) is 11.9 Å². The van der Waals surface area contributed by atoms with Crippen molar-refractivity contribution in [3.05, 3.63) is 77.2 Å². The third-order valence-electron chi connectivity index (χ3n) is 4.90. The van der Waals surface area contributed by atoms with Crippen LogP contribution in [-0.2, 0) is 6.54 Å². The second kappa shape index (κ2) is 9.18. The van der Waals surface area contributed by atoms with Crippen LogP contribution in [0.25, 0.3) is 0 Å². The van der Waals surface area contributed by atoms with Gasteiger partial charge in [0.05, 0.1) is 5.69 Å². The number of hydrogen-bond donors (Lipinski definition) is 2. The molecule has 0 atom stereocenters. The number of benzene rings is 1. The number of pyridine rings is 2. The number of carbonyl (C=O) groups excluding carboxylic acids is 2. The summed E-state index contributed by atoms with van der Waals surface area (Å²) in [5, 5.41) is 6.67. The van der Waals surface area contributed by atoms with Crippen LogP contribution in [0.2, 0.25) is 0 Å². The minimum absolute atomic E-state index is 0.213. The molecule has 3 aromatic rings. The Morgan fingerprint density at radius 3 is 2.84 bits per heavy atom. The predicted octanol–water partition coefficient (Wildman–Crippen LogP) is 4.17. The lowest BCUT2D eigenvalue weighted by Gasteiger charge is -2.30. The highest BCUT2D eigenvalue weighted by molar-refractivity contribution is 7.99. The molecule has 8 heteroatoms. The van der Waals surface area contributed by atoms with Crippen LogP contribution in [-0.4, -0.2) is 34.2 Å². The zero-order valence-corrected chi connectivity index (χ0v) is 18.2. The molecule has 31 heavy (non-hydrogen) atoms. The normalized spacial score (nSPS) is 12.8. The van der Waals surface area contributed by atoms with Crippen molar-refractivity contribution in [3.8, 4) is 0 Å². The smallest absolute Gasteiger partial charge is 0.326 e. The van der Waals surface area contributed by atoms with E-state index in [4.69, 9.17) is 0 Å². The standard InChI is InChI=1S/C23H23N5O2S/c1-15-11-16(2)26-22-20(15)28(9-10-31-22)23(30)27-19-7-3-6-18(12-19)21(29)25-14-17-5-4-8-24-13-17/h3-8,11-13H,9-10,14H2,1-2H3,(H,25,29)(H,27,30). The van der Waals surface area contributed by atoms with Gasteiger partial charge in [0.15, 0.2) is 0 Å². The summed E-state index contributed by atoms with van der Waals surface area (Å²) in [6.07, 6.45) is 3.40. The Hall–Kier alpha value is -3.39. The van der Waals surface area contributed by atoms with Crippen LogP contribution in [0, 0.1) is 13.8 Å². The molecule has 2 N–H and O–H groups in total. The highest BCUT2D eigenvalue weighted by Gasteiger charge is 2.26. The fourth-order valence-electron chi connectivity index (χ4n) is 3.49. The Labute approximate surface area is 185 Å². The van der Waals surface area contributed by atoms with Gasteiger partial charge in [-0.2, -0.15) is 0 Å². The first-order valence-corrected chi connectivity index (χ1v) is 11.0. The van der Waals surface area contributed by atoms with Crippen molar-refractivity contribution in [1.82, 2.24) is 15.3 Å². The Bertz CT molecular complexity index is 1120. The number of aromatic nitrogens is 2. The Kier molecular flexibility index (Phi) is 6.18. The minimum Gasteiger partial charge on any atom is -0.348 e. The van der Waals surface area contributed by atoms with Crippen molar-refractivity contribution in [3.63, 3.8) is 0 Å². The van der Waals surface area contributed by atoms with Gasteiger partial charge in [-0.05, 0) is 55.3 Å². The van der Waals surface area contributed by atoms with E-state index in [9.17, 15) is 9.59 Å². The first-order chi connectivity index (χ1) is 15.0. The van der Waals surface area contributed by atoms with Gasteiger partial charge in [-0.25, -0.2) is 9.78 Å². The summed E-state index contributed by atoms with van der Waals surface area (Å²) in [6, 6.07) is 12.4. The van der Waals surface area contributed by atoms with E-state index >= 15 is 0 Å². The van der Waals surface area contributed by atoms with Crippen LogP contribution in [0.15, 0.2) is 59.9 Å². The molecule has 1 aliphatic heterocycles. The number of urea groups is 1. The van der Waals surface area contributed by atoms with Gasteiger partial charge in [-0.3, -0.25) is 14.7 Å². The van der Waals surface area contributed by atoms with Crippen LogP contribution in [0.3, 0.4) is 0 Å². The van der Waals surface area contributed by atoms with Crippen LogP contribution < -0.4 is 15.5 Å². The van der Waals surface area contributed by atoms with E-state index in [1.807, 2.05) is 32.0 Å². The SMILES string of the molecule is Cc1cc(C)c2c(n1)SCCN2C(=O)Nc1cccc(C(=O)NCc2cccnc2)c1. The third kappa shape index (κ3) is 4.86. The van der Waals surface area contributed by atoms with Gasteiger partial charge < -0.3 is 10.6 Å². The number of thioether (sulfide) groups is 1. The second-order valence-electron chi connectivity index (χ2n) is 7.29. The maximum absolute atomic E-state index is 13.0. The van der Waals surface area contributed by atoms with E-state index in [1.165, 1.54) is 0 Å². The van der Waals surface area contributed by atoms with Crippen LogP contribution in [0.1, 0.15) is 27.2 Å². The van der Waals surface area contributed by atoms with Crippen molar-refractivity contribution < 1.29 is 9.59 Å². The topological polar surface area (TPSA) is 87.2 Å². The summed E-state index contributed by atoms with van der Waals surface area (Å²) >= 11 is 1.66. The van der Waals surface area contributed by atoms with E-state index in [2.05, 4.69) is 20.6 Å². The summed E-state index contributed by atoms with van der Waals surface area (Å²) in [5.74, 6) is 0.572. The zero-order valence-electron chi connectivity index (χ0n) is 17.4. The van der Waals surface area contributed by atoms with E-state index in [0.29, 0.717) is 24.3 Å². The van der Waals surface area contributed by atoms with Crippen LogP contribution in [0.4, 0.5) is 16.2 Å². The molecule has 0 aliphatic carbocycles. The van der Waals surface area contributed by atoms with Crippen molar-refractivity contribution in [2.45, 2.75) is 25.4 Å². The van der Waals surface area contributed by atoms with Gasteiger partial charge in [0.1, 0.15) is 5.03 Å². The Balaban J connectivity index is 1.46. The molecule has 2 aromatic heterocycles. The molecular weight excluding hydrogens is 410 g/mol. The van der Waals surface area contributed by atoms with Gasteiger partial charge in [-0.15, -0.1) is 11.8 Å². The number of carbonyl (C=O) groups is 2. The maximum atomic E-state index is 13.0. The molecule has 0 spiro atoms. The molecule has 0 radical (unpaired) electrons. The molecule has 158 valence electrons. The van der Waals surface area contributed by atoms with Crippen molar-refractivity contribution in [2.75, 3.05) is 22.5 Å². The van der Waals surface area contributed by atoms with Crippen molar-refractivity contribution >= 4 is 35.1 Å². The van der Waals surface area contributed by atoms with Gasteiger partial charge in [-0.1, -0.05) is 12.1 Å². The summed E-state index contributed by atoms with van der Waals surface area (Å²) in [5.41, 5.74) is 4.77. The minimum atomic E-state index is -0.233. The molecular formula is C23H23N5O2S. The Morgan fingerprint density at radius 2 is 2.03 bits per heavy atom. The average Bonchev–Trinajstić information content (AvgIpc) is 2.77. The number of amides is 3. The van der Waals surface area contributed by atoms with E-state index in [1.54, 1.807) is 53.3 Å². The van der Waals surface area contributed by atoms with Gasteiger partial charge in [0.2, 0.25) is 0 Å². The molecule has 0 unspecified atom stereocenters. The molecule has 4 rings (SSSR count). The molecule has 1 aliphatic rings. The summed E-state index contributed by atoms with van der Waals surface area (Å²) in [7, 11) is 0. The molecule has 7 nitrogen and oxygen atoms in total. The first kappa shape index (κ1) is 20.9. The Morgan fingerprint density at radius 1 is 1.16 bits per heavy atom. The fraction of sp³-hybridized carbons (Fsp3) is 0.217. The highest BCUT2D eigenvalue weighted by Crippen LogP contribution is 2.36. The summed E-state index contributed by atoms with van der Waals surface area (Å²) < 4.78 is 0. The second-order valence-corrected chi connectivity index (χ2v) is 8.37. The van der Waals surface area contributed by atoms with Gasteiger partial charge >= 0.3 is 6.03 Å². The number of hydrogen-bond acceptors (Lipinski definition) is 5. The molecule has 1 aromatic carbocycles. The lowest BCUT2D eigenvalue weighted by molar-refractivity contribution is 0.0951. The largest absolute Gasteiger partial charge is 0.348 e. The molecule has 0 saturated heterocycles. The molecule has 3 amide bonds. The predicted molar refractivity (Wildman–Crippen MR) is 123 cm³/mol. The zero-order chi connectivity index (χ0) is 21.8. The van der Waals surface area contributed by atoms with Gasteiger partial charge in [0.25, 0.3) is 5.91 Å². The molecule has 0 fully saturated rings. The fourth-order valence-corrected chi connectivity index (χ4v) is 4.57. The van der Waals surface area contributed by atoms with Gasteiger partial charge in [0, 0.05) is 48.2 Å². The van der Waals surface area contributed by atoms with Crippen molar-refractivity contribution in [1.29, 1.82) is 0 Å². The number of nitrogens with one attached hydrogen (secondary N) is 2. The summed E-state index contributed by atoms with van der Waals surface area (Å²) in [6.45, 7) is 4.93. The number of nitrogens with zero attached hydrogens (tertiary/aromatic N) is 3. The number of rotatable bonds is 4. The third-order valence-corrected chi connectivity index (χ3v) is 5.84. The lowest BCUT2D eigenvalue weighted by Crippen LogP contribution is -2.39. The average molecular weight is 434 g/mol.